The SMILES string of the molecule is C=C(C)C(=O)OCCC[Si](C)(OC)OC.C=C(C)C(=O)OCCC[Si](C)(OCC)OCC.C=CC(=O)OCCC[SiH](OC)OC.C=CC(=O)OCCC[SiH](OCC)OCC.CCO[SiH](CCCOCC1CO1)OCC.CCO[SiH](OCC)C1CCCCC1.CCO[Si](OCC)(c1ccccc1)c1ccccc1.CO[Si](OC)(c1ccccc1)c1ccccc1. The largest absolute Gasteiger partial charge is 0.463 e. The fourth-order valence-electron chi connectivity index (χ4n) is 12.0. The predicted molar refractivity (Wildman–Crippen MR) is 514 cm³/mol. The average molecular weight is 1880 g/mol. The Kier molecular flexibility index (Phi) is 76.7. The zero-order chi connectivity index (χ0) is 93.0. The van der Waals surface area contributed by atoms with Crippen molar-refractivity contribution in [2.75, 3.05) is 155 Å². The Morgan fingerprint density at radius 2 is 0.726 bits per heavy atom. The highest BCUT2D eigenvalue weighted by atomic mass is 28.4. The van der Waals surface area contributed by atoms with Crippen molar-refractivity contribution in [3.63, 3.8) is 0 Å². The van der Waals surface area contributed by atoms with E-state index in [1.54, 1.807) is 56.5 Å². The number of ether oxygens (including phenoxy) is 6. The van der Waals surface area contributed by atoms with E-state index in [0.717, 1.165) is 141 Å². The van der Waals surface area contributed by atoms with Gasteiger partial charge in [0.25, 0.3) is 0 Å². The van der Waals surface area contributed by atoms with E-state index in [2.05, 4.69) is 88.7 Å². The molecule has 2 fully saturated rings. The summed E-state index contributed by atoms with van der Waals surface area (Å²) in [5, 5.41) is 4.56. The molecule has 34 heteroatoms. The number of carbonyl (C=O) groups excluding carboxylic acids is 4. The zero-order valence-corrected chi connectivity index (χ0v) is 87.9. The van der Waals surface area contributed by atoms with Crippen molar-refractivity contribution >= 4 is 116 Å². The summed E-state index contributed by atoms with van der Waals surface area (Å²) in [6, 6.07) is 45.3. The maximum atomic E-state index is 11.1. The van der Waals surface area contributed by atoms with Crippen LogP contribution in [0.15, 0.2) is 171 Å². The molecule has 0 radical (unpaired) electrons. The summed E-state index contributed by atoms with van der Waals surface area (Å²) in [5.74, 6) is -1.43. The minimum absolute atomic E-state index is 0.332. The summed E-state index contributed by atoms with van der Waals surface area (Å²) in [6.07, 6.45) is 13.7. The van der Waals surface area contributed by atoms with Gasteiger partial charge >= 0.3 is 95.3 Å². The maximum Gasteiger partial charge on any atom is 0.407 e. The minimum Gasteiger partial charge on any atom is -0.463 e. The quantitative estimate of drug-likeness (QED) is 0.00991. The van der Waals surface area contributed by atoms with E-state index in [1.807, 2.05) is 141 Å². The minimum atomic E-state index is -2.55. The van der Waals surface area contributed by atoms with Gasteiger partial charge in [-0.25, -0.2) is 19.2 Å². The molecule has 0 spiro atoms. The van der Waals surface area contributed by atoms with Gasteiger partial charge in [0.15, 0.2) is 0 Å². The number of benzene rings is 4. The fourth-order valence-corrected chi connectivity index (χ4v) is 28.4. The van der Waals surface area contributed by atoms with Crippen LogP contribution in [0.1, 0.15) is 147 Å². The first-order valence-corrected chi connectivity index (χ1v) is 59.5. The number of carbonyl (C=O) groups is 4. The summed E-state index contributed by atoms with van der Waals surface area (Å²) < 4.78 is 120. The van der Waals surface area contributed by atoms with Gasteiger partial charge in [0.2, 0.25) is 0 Å². The van der Waals surface area contributed by atoms with E-state index < -0.39 is 71.4 Å². The molecule has 2 aliphatic rings. The average Bonchev–Trinajstić information content (AvgIpc) is 1.09. The molecular weight excluding hydrogens is 1720 g/mol. The van der Waals surface area contributed by atoms with Gasteiger partial charge in [-0.3, -0.25) is 0 Å². The lowest BCUT2D eigenvalue weighted by atomic mass is 10.0. The molecule has 4 aromatic rings. The van der Waals surface area contributed by atoms with Crippen molar-refractivity contribution < 1.29 is 118 Å². The highest BCUT2D eigenvalue weighted by Gasteiger charge is 2.43. The van der Waals surface area contributed by atoms with Crippen LogP contribution in [0.3, 0.4) is 0 Å². The van der Waals surface area contributed by atoms with Crippen LogP contribution in [0.2, 0.25) is 48.9 Å². The molecule has 124 heavy (non-hydrogen) atoms. The molecular formula is C90H160O26Si8. The van der Waals surface area contributed by atoms with Gasteiger partial charge in [-0.05, 0) is 198 Å². The standard InChI is InChI=1S/C16H20O2Si.C14H16O2Si.C12H24O4Si.C10H22O4Si.2C10H20O4Si.C10H22O2Si.C8H16O4Si/c1-3-17-19(18-4-2,15-11-7-5-8-12-15)16-13-9-6-10-14-16;1-15-17(16-2,13-9-5-3-6-10-13)14-11-7-4-8-12-14;1-6-15-17(5,16-7-2)10-8-9-14-12(13)11(3)4;1-3-13-15(14-4-2)7-5-6-11-8-10-9-12-10;1-9(2)10(11)14-7-6-8-15(5,12-3)13-4;1-4-10(11)12-8-7-9-15(13-5-2)14-6-3;1-3-11-13(12-4-2)10-8-6-5-7-9-10;1-4-8(9)12-6-5-7-13(10-2)11-3/h5-14H,3-4H2,1-2H3;3-12H,1-2H3;3,6-10H2,1-2,4-5H3;10,15H,3-9H2,1-2H3;1,6-8H2,2-5H3;4,15H,1,5-9H2,2-3H3;10,13H,3-9H2,1-2H3;4,13H,1,5-7H2,2-3H3. The lowest BCUT2D eigenvalue weighted by Crippen LogP contribution is -2.63. The van der Waals surface area contributed by atoms with E-state index in [9.17, 15) is 19.2 Å². The van der Waals surface area contributed by atoms with E-state index in [-0.39, 0.29) is 23.9 Å². The molecule has 26 nitrogen and oxygen atoms in total. The van der Waals surface area contributed by atoms with Crippen LogP contribution in [0, 0.1) is 0 Å². The molecule has 0 bridgehead atoms. The van der Waals surface area contributed by atoms with Gasteiger partial charge < -0.3 is 99.2 Å². The van der Waals surface area contributed by atoms with Crippen LogP contribution in [0.25, 0.3) is 0 Å². The Balaban J connectivity index is 0. The number of esters is 4. The molecule has 1 saturated carbocycles. The molecule has 0 aromatic heterocycles. The summed E-state index contributed by atoms with van der Waals surface area (Å²) >= 11 is 0. The molecule has 0 amide bonds. The molecule has 1 atom stereocenters. The highest BCUT2D eigenvalue weighted by molar-refractivity contribution is 6.93. The predicted octanol–water partition coefficient (Wildman–Crippen LogP) is 14.1. The van der Waals surface area contributed by atoms with E-state index in [4.69, 9.17) is 99.2 Å². The van der Waals surface area contributed by atoms with E-state index in [1.165, 1.54) is 38.2 Å². The van der Waals surface area contributed by atoms with Gasteiger partial charge in [-0.1, -0.05) is 167 Å². The first kappa shape index (κ1) is 121. The van der Waals surface area contributed by atoms with Gasteiger partial charge in [-0.15, -0.1) is 0 Å². The Hall–Kier alpha value is -5.26. The molecule has 1 saturated heterocycles. The summed E-state index contributed by atoms with van der Waals surface area (Å²) in [4.78, 5) is 43.5. The second-order valence-electron chi connectivity index (χ2n) is 28.0. The van der Waals surface area contributed by atoms with Crippen molar-refractivity contribution in [1.29, 1.82) is 0 Å². The van der Waals surface area contributed by atoms with Crippen molar-refractivity contribution in [2.45, 2.75) is 202 Å². The maximum absolute atomic E-state index is 11.1. The normalized spacial score (nSPS) is 13.0. The monoisotopic (exact) mass is 1880 g/mol. The Morgan fingerprint density at radius 1 is 0.403 bits per heavy atom. The molecule has 0 N–H and O–H groups in total. The Morgan fingerprint density at radius 3 is 1.02 bits per heavy atom. The number of epoxide rings is 1. The molecule has 1 heterocycles. The van der Waals surface area contributed by atoms with Gasteiger partial charge in [0.05, 0.1) is 39.6 Å². The van der Waals surface area contributed by atoms with E-state index in [0.29, 0.717) is 83.3 Å². The summed E-state index contributed by atoms with van der Waals surface area (Å²) in [6.45, 7) is 52.1. The van der Waals surface area contributed by atoms with Gasteiger partial charge in [0.1, 0.15) is 6.10 Å². The molecule has 1 aliphatic heterocycles. The van der Waals surface area contributed by atoms with Crippen LogP contribution < -0.4 is 20.7 Å². The molecule has 4 aromatic carbocycles. The third-order valence-corrected chi connectivity index (χ3v) is 40.7. The number of rotatable bonds is 57. The molecule has 1 aliphatic carbocycles. The Bertz CT molecular complexity index is 3140. The summed E-state index contributed by atoms with van der Waals surface area (Å²) in [7, 11) is -4.83. The zero-order valence-electron chi connectivity index (χ0n) is 79.2. The van der Waals surface area contributed by atoms with Crippen LogP contribution in [0.5, 0.6) is 0 Å². The van der Waals surface area contributed by atoms with E-state index >= 15 is 0 Å². The van der Waals surface area contributed by atoms with Crippen LogP contribution in [-0.4, -0.2) is 256 Å². The molecule has 6 rings (SSSR count). The third kappa shape index (κ3) is 56.9. The van der Waals surface area contributed by atoms with Crippen LogP contribution in [-0.2, 0) is 118 Å². The number of hydrogen-bond donors (Lipinski definition) is 0. The molecule has 708 valence electrons. The van der Waals surface area contributed by atoms with Crippen molar-refractivity contribution in [1.82, 2.24) is 0 Å². The lowest BCUT2D eigenvalue weighted by molar-refractivity contribution is -0.139. The topological polar surface area (TPSA) is 275 Å². The van der Waals surface area contributed by atoms with Crippen molar-refractivity contribution in [2.24, 2.45) is 0 Å². The fraction of sp³-hybridized carbons (Fsp3) is 0.600. The van der Waals surface area contributed by atoms with Gasteiger partial charge in [-0.2, -0.15) is 0 Å². The van der Waals surface area contributed by atoms with Crippen LogP contribution >= 0.6 is 0 Å². The Labute approximate surface area is 758 Å². The first-order valence-electron chi connectivity index (χ1n) is 44.0. The second-order valence-corrected chi connectivity index (χ2v) is 50.0. The van der Waals surface area contributed by atoms with Crippen molar-refractivity contribution in [3.8, 4) is 0 Å². The van der Waals surface area contributed by atoms with Gasteiger partial charge in [0, 0.05) is 139 Å². The smallest absolute Gasteiger partial charge is 0.407 e. The third-order valence-electron chi connectivity index (χ3n) is 18.4. The van der Waals surface area contributed by atoms with Crippen molar-refractivity contribution in [3.05, 3.63) is 171 Å². The first-order chi connectivity index (χ1) is 59.8. The second kappa shape index (κ2) is 78.7. The summed E-state index contributed by atoms with van der Waals surface area (Å²) in [5.41, 5.74) is 1.64. The molecule has 1 unspecified atom stereocenters. The number of hydrogen-bond acceptors (Lipinski definition) is 26. The van der Waals surface area contributed by atoms with Crippen LogP contribution in [0.4, 0.5) is 0 Å². The highest BCUT2D eigenvalue weighted by Crippen LogP contribution is 2.32. The lowest BCUT2D eigenvalue weighted by Gasteiger charge is -2.30.